The summed E-state index contributed by atoms with van der Waals surface area (Å²) in [6.45, 7) is 8.48. The van der Waals surface area contributed by atoms with Crippen LogP contribution in [-0.4, -0.2) is 26.8 Å². The number of amides is 1. The second kappa shape index (κ2) is 9.74. The minimum absolute atomic E-state index is 0.0320. The first-order chi connectivity index (χ1) is 13.9. The van der Waals surface area contributed by atoms with Crippen molar-refractivity contribution in [3.63, 3.8) is 0 Å². The molecule has 6 heteroatoms. The summed E-state index contributed by atoms with van der Waals surface area (Å²) in [4.78, 5) is 16.8. The minimum atomic E-state index is -0.0357. The Morgan fingerprint density at radius 2 is 1.76 bits per heavy atom. The van der Waals surface area contributed by atoms with Crippen LogP contribution in [0.2, 0.25) is 0 Å². The normalized spacial score (nSPS) is 12.2. The highest BCUT2D eigenvalue weighted by atomic mass is 32.2. The maximum absolute atomic E-state index is 12.3. The molecular weight excluding hydrogens is 380 g/mol. The molecule has 3 rings (SSSR count). The first-order valence-corrected chi connectivity index (χ1v) is 10.9. The highest BCUT2D eigenvalue weighted by molar-refractivity contribution is 7.99. The van der Waals surface area contributed by atoms with Crippen LogP contribution in [-0.2, 0) is 11.2 Å². The Morgan fingerprint density at radius 1 is 1.07 bits per heavy atom. The van der Waals surface area contributed by atoms with E-state index in [-0.39, 0.29) is 17.7 Å². The Kier molecular flexibility index (Phi) is 7.09. The van der Waals surface area contributed by atoms with Crippen LogP contribution in [0.5, 0.6) is 0 Å². The molecule has 0 unspecified atom stereocenters. The topological polar surface area (TPSA) is 70.7 Å². The molecule has 1 amide bonds. The van der Waals surface area contributed by atoms with Gasteiger partial charge in [-0.3, -0.25) is 9.89 Å². The molecule has 0 spiro atoms. The number of benzene rings is 2. The fourth-order valence-electron chi connectivity index (χ4n) is 3.06. The van der Waals surface area contributed by atoms with E-state index in [4.69, 9.17) is 0 Å². The SMILES string of the molecule is Cc1ccc(-c2nc(SCC(=O)N[C@H](C)c3ccc(CC(C)C)cc3)n[nH]2)cc1. The molecule has 0 saturated carbocycles. The zero-order valence-corrected chi connectivity index (χ0v) is 18.2. The maximum atomic E-state index is 12.3. The predicted octanol–water partition coefficient (Wildman–Crippen LogP) is 4.95. The van der Waals surface area contributed by atoms with Crippen LogP contribution in [0.15, 0.2) is 53.7 Å². The standard InChI is InChI=1S/C23H28N4OS/c1-15(2)13-18-7-11-19(12-8-18)17(4)24-21(28)14-29-23-25-22(26-27-23)20-9-5-16(3)6-10-20/h5-12,15,17H,13-14H2,1-4H3,(H,24,28)(H,25,26,27)/t17-/m1/s1. The predicted molar refractivity (Wildman–Crippen MR) is 119 cm³/mol. The molecule has 29 heavy (non-hydrogen) atoms. The molecule has 0 aliphatic carbocycles. The summed E-state index contributed by atoms with van der Waals surface area (Å²) in [6.07, 6.45) is 1.07. The number of aromatic nitrogens is 3. The molecule has 1 heterocycles. The number of carbonyl (C=O) groups excluding carboxylic acids is 1. The molecule has 1 aromatic heterocycles. The lowest BCUT2D eigenvalue weighted by atomic mass is 10.00. The number of nitrogens with one attached hydrogen (secondary N) is 2. The number of H-pyrrole nitrogens is 1. The average Bonchev–Trinajstić information content (AvgIpc) is 3.16. The van der Waals surface area contributed by atoms with Gasteiger partial charge < -0.3 is 5.32 Å². The summed E-state index contributed by atoms with van der Waals surface area (Å²) in [5.74, 6) is 1.59. The van der Waals surface area contributed by atoms with E-state index in [1.54, 1.807) is 0 Å². The number of nitrogens with zero attached hydrogens (tertiary/aromatic N) is 2. The van der Waals surface area contributed by atoms with Crippen molar-refractivity contribution in [3.8, 4) is 11.4 Å². The van der Waals surface area contributed by atoms with E-state index in [1.165, 1.54) is 22.9 Å². The van der Waals surface area contributed by atoms with Crippen LogP contribution in [0.25, 0.3) is 11.4 Å². The highest BCUT2D eigenvalue weighted by Gasteiger charge is 2.12. The van der Waals surface area contributed by atoms with Crippen molar-refractivity contribution in [1.82, 2.24) is 20.5 Å². The molecule has 1 atom stereocenters. The van der Waals surface area contributed by atoms with E-state index in [0.29, 0.717) is 16.9 Å². The highest BCUT2D eigenvalue weighted by Crippen LogP contribution is 2.20. The number of carbonyl (C=O) groups is 1. The Balaban J connectivity index is 1.50. The van der Waals surface area contributed by atoms with Crippen LogP contribution in [0.1, 0.15) is 43.5 Å². The Labute approximate surface area is 176 Å². The van der Waals surface area contributed by atoms with Gasteiger partial charge in [0.15, 0.2) is 5.82 Å². The van der Waals surface area contributed by atoms with Gasteiger partial charge in [0.25, 0.3) is 0 Å². The van der Waals surface area contributed by atoms with E-state index < -0.39 is 0 Å². The van der Waals surface area contributed by atoms with E-state index in [0.717, 1.165) is 17.5 Å². The fraction of sp³-hybridized carbons (Fsp3) is 0.348. The number of hydrogen-bond acceptors (Lipinski definition) is 4. The van der Waals surface area contributed by atoms with E-state index in [9.17, 15) is 4.79 Å². The van der Waals surface area contributed by atoms with Crippen LogP contribution < -0.4 is 5.32 Å². The second-order valence-corrected chi connectivity index (χ2v) is 8.69. The molecule has 0 aliphatic rings. The third kappa shape index (κ3) is 6.19. The maximum Gasteiger partial charge on any atom is 0.230 e. The Morgan fingerprint density at radius 3 is 2.41 bits per heavy atom. The summed E-state index contributed by atoms with van der Waals surface area (Å²) in [5.41, 5.74) is 4.61. The van der Waals surface area contributed by atoms with Gasteiger partial charge in [-0.15, -0.1) is 5.10 Å². The summed E-state index contributed by atoms with van der Waals surface area (Å²) < 4.78 is 0. The number of thioether (sulfide) groups is 1. The van der Waals surface area contributed by atoms with Crippen LogP contribution in [0.3, 0.4) is 0 Å². The molecule has 0 bridgehead atoms. The molecule has 0 radical (unpaired) electrons. The summed E-state index contributed by atoms with van der Waals surface area (Å²) >= 11 is 1.33. The first kappa shape index (κ1) is 21.1. The molecule has 2 N–H and O–H groups in total. The molecule has 5 nitrogen and oxygen atoms in total. The van der Waals surface area contributed by atoms with Crippen molar-refractivity contribution in [2.75, 3.05) is 5.75 Å². The number of aromatic amines is 1. The lowest BCUT2D eigenvalue weighted by molar-refractivity contribution is -0.119. The van der Waals surface area contributed by atoms with Gasteiger partial charge in [0.2, 0.25) is 11.1 Å². The van der Waals surface area contributed by atoms with Crippen molar-refractivity contribution in [3.05, 3.63) is 65.2 Å². The summed E-state index contributed by atoms with van der Waals surface area (Å²) in [5, 5.41) is 10.8. The minimum Gasteiger partial charge on any atom is -0.349 e. The largest absolute Gasteiger partial charge is 0.349 e. The summed E-state index contributed by atoms with van der Waals surface area (Å²) in [6, 6.07) is 16.5. The quantitative estimate of drug-likeness (QED) is 0.518. The molecule has 2 aromatic carbocycles. The zero-order chi connectivity index (χ0) is 20.8. The van der Waals surface area contributed by atoms with Gasteiger partial charge in [0.05, 0.1) is 11.8 Å². The smallest absolute Gasteiger partial charge is 0.230 e. The van der Waals surface area contributed by atoms with E-state index >= 15 is 0 Å². The Hall–Kier alpha value is -2.60. The van der Waals surface area contributed by atoms with Crippen molar-refractivity contribution in [1.29, 1.82) is 0 Å². The van der Waals surface area contributed by atoms with Gasteiger partial charge >= 0.3 is 0 Å². The van der Waals surface area contributed by atoms with Gasteiger partial charge in [-0.1, -0.05) is 79.7 Å². The zero-order valence-electron chi connectivity index (χ0n) is 17.4. The number of rotatable bonds is 8. The van der Waals surface area contributed by atoms with Crippen molar-refractivity contribution >= 4 is 17.7 Å². The third-order valence-electron chi connectivity index (χ3n) is 4.62. The van der Waals surface area contributed by atoms with Gasteiger partial charge in [-0.2, -0.15) is 0 Å². The van der Waals surface area contributed by atoms with Crippen molar-refractivity contribution < 1.29 is 4.79 Å². The Bertz CT molecular complexity index is 932. The second-order valence-electron chi connectivity index (χ2n) is 7.75. The molecule has 152 valence electrons. The molecule has 0 saturated heterocycles. The van der Waals surface area contributed by atoms with Gasteiger partial charge in [0, 0.05) is 5.56 Å². The van der Waals surface area contributed by atoms with Crippen molar-refractivity contribution in [2.45, 2.75) is 45.3 Å². The van der Waals surface area contributed by atoms with Gasteiger partial charge in [0.1, 0.15) is 0 Å². The lowest BCUT2D eigenvalue weighted by Crippen LogP contribution is -2.28. The summed E-state index contributed by atoms with van der Waals surface area (Å²) in [7, 11) is 0. The van der Waals surface area contributed by atoms with Crippen LogP contribution in [0, 0.1) is 12.8 Å². The lowest BCUT2D eigenvalue weighted by Gasteiger charge is -2.15. The number of hydrogen-bond donors (Lipinski definition) is 2. The van der Waals surface area contributed by atoms with Crippen LogP contribution >= 0.6 is 11.8 Å². The number of aryl methyl sites for hydroxylation is 1. The molecule has 0 fully saturated rings. The van der Waals surface area contributed by atoms with Crippen molar-refractivity contribution in [2.24, 2.45) is 5.92 Å². The monoisotopic (exact) mass is 408 g/mol. The van der Waals surface area contributed by atoms with Gasteiger partial charge in [-0.25, -0.2) is 4.98 Å². The van der Waals surface area contributed by atoms with E-state index in [2.05, 4.69) is 58.6 Å². The van der Waals surface area contributed by atoms with Gasteiger partial charge in [-0.05, 0) is 37.3 Å². The molecular formula is C23H28N4OS. The average molecular weight is 409 g/mol. The molecule has 3 aromatic rings. The first-order valence-electron chi connectivity index (χ1n) is 9.91. The fourth-order valence-corrected chi connectivity index (χ4v) is 3.67. The molecule has 0 aliphatic heterocycles. The third-order valence-corrected chi connectivity index (χ3v) is 5.47. The van der Waals surface area contributed by atoms with E-state index in [1.807, 2.05) is 38.1 Å². The van der Waals surface area contributed by atoms with Crippen LogP contribution in [0.4, 0.5) is 0 Å².